The number of anilines is 1. The third-order valence-electron chi connectivity index (χ3n) is 4.91. The molecule has 2 aromatic rings. The SMILES string of the molecule is COc1c(CNc2ccccc2CN2CCC(O)CC2)c(C)nn1C. The van der Waals surface area contributed by atoms with Crippen LogP contribution in [-0.2, 0) is 20.1 Å². The lowest BCUT2D eigenvalue weighted by molar-refractivity contribution is 0.0793. The van der Waals surface area contributed by atoms with Gasteiger partial charge in [0.2, 0.25) is 5.88 Å². The van der Waals surface area contributed by atoms with Gasteiger partial charge in [-0.3, -0.25) is 4.90 Å². The van der Waals surface area contributed by atoms with E-state index in [2.05, 4.69) is 39.6 Å². The van der Waals surface area contributed by atoms with E-state index >= 15 is 0 Å². The maximum absolute atomic E-state index is 9.68. The van der Waals surface area contributed by atoms with Crippen molar-refractivity contribution >= 4 is 5.69 Å². The van der Waals surface area contributed by atoms with Gasteiger partial charge >= 0.3 is 0 Å². The van der Waals surface area contributed by atoms with Gasteiger partial charge in [-0.05, 0) is 31.4 Å². The van der Waals surface area contributed by atoms with Crippen LogP contribution in [0, 0.1) is 6.92 Å². The molecule has 1 aromatic heterocycles. The largest absolute Gasteiger partial charge is 0.481 e. The Morgan fingerprint density at radius 3 is 2.72 bits per heavy atom. The normalized spacial score (nSPS) is 16.2. The molecule has 2 N–H and O–H groups in total. The van der Waals surface area contributed by atoms with Crippen molar-refractivity contribution in [3.05, 3.63) is 41.1 Å². The number of aliphatic hydroxyl groups excluding tert-OH is 1. The number of nitrogens with zero attached hydrogens (tertiary/aromatic N) is 3. The maximum Gasteiger partial charge on any atom is 0.216 e. The van der Waals surface area contributed by atoms with Crippen LogP contribution in [0.2, 0.25) is 0 Å². The minimum absolute atomic E-state index is 0.134. The van der Waals surface area contributed by atoms with Crippen LogP contribution in [0.1, 0.15) is 29.7 Å². The Labute approximate surface area is 149 Å². The lowest BCUT2D eigenvalue weighted by atomic mass is 10.1. The fourth-order valence-electron chi connectivity index (χ4n) is 3.47. The predicted octanol–water partition coefficient (Wildman–Crippen LogP) is 2.31. The molecule has 0 aliphatic carbocycles. The topological polar surface area (TPSA) is 62.6 Å². The second kappa shape index (κ2) is 7.89. The van der Waals surface area contributed by atoms with E-state index in [-0.39, 0.29) is 6.10 Å². The standard InChI is InChI=1S/C19H28N4O2/c1-14-17(19(25-3)22(2)21-14)12-20-18-7-5-4-6-15(18)13-23-10-8-16(24)9-11-23/h4-7,16,20,24H,8-13H2,1-3H3. The minimum atomic E-state index is -0.134. The molecule has 1 aliphatic rings. The highest BCUT2D eigenvalue weighted by Crippen LogP contribution is 2.24. The summed E-state index contributed by atoms with van der Waals surface area (Å²) >= 11 is 0. The molecule has 1 aliphatic heterocycles. The summed E-state index contributed by atoms with van der Waals surface area (Å²) in [6.45, 7) is 5.48. The number of nitrogens with one attached hydrogen (secondary N) is 1. The summed E-state index contributed by atoms with van der Waals surface area (Å²) in [6.07, 6.45) is 1.59. The molecule has 1 saturated heterocycles. The number of rotatable bonds is 6. The van der Waals surface area contributed by atoms with E-state index in [0.29, 0.717) is 6.54 Å². The third-order valence-corrected chi connectivity index (χ3v) is 4.91. The molecule has 25 heavy (non-hydrogen) atoms. The van der Waals surface area contributed by atoms with Gasteiger partial charge in [-0.1, -0.05) is 18.2 Å². The Hall–Kier alpha value is -2.05. The van der Waals surface area contributed by atoms with Gasteiger partial charge in [0.15, 0.2) is 0 Å². The number of para-hydroxylation sites is 1. The van der Waals surface area contributed by atoms with Gasteiger partial charge in [0.1, 0.15) is 0 Å². The summed E-state index contributed by atoms with van der Waals surface area (Å²) in [5, 5.41) is 17.7. The fraction of sp³-hybridized carbons (Fsp3) is 0.526. The number of hydrogen-bond donors (Lipinski definition) is 2. The number of aromatic nitrogens is 2. The van der Waals surface area contributed by atoms with Crippen LogP contribution in [0.15, 0.2) is 24.3 Å². The number of aryl methyl sites for hydroxylation is 2. The molecule has 1 aromatic carbocycles. The lowest BCUT2D eigenvalue weighted by Crippen LogP contribution is -2.35. The van der Waals surface area contributed by atoms with Gasteiger partial charge in [-0.15, -0.1) is 0 Å². The van der Waals surface area contributed by atoms with E-state index in [0.717, 1.165) is 55.3 Å². The molecule has 1 fully saturated rings. The van der Waals surface area contributed by atoms with Crippen molar-refractivity contribution < 1.29 is 9.84 Å². The molecule has 0 saturated carbocycles. The Morgan fingerprint density at radius 2 is 2.00 bits per heavy atom. The third kappa shape index (κ3) is 4.14. The quantitative estimate of drug-likeness (QED) is 0.842. The minimum Gasteiger partial charge on any atom is -0.481 e. The average Bonchev–Trinajstić information content (AvgIpc) is 2.88. The highest BCUT2D eigenvalue weighted by Gasteiger charge is 2.18. The van der Waals surface area contributed by atoms with E-state index in [1.54, 1.807) is 11.8 Å². The Balaban J connectivity index is 1.69. The van der Waals surface area contributed by atoms with Crippen molar-refractivity contribution in [2.45, 2.75) is 39.0 Å². The van der Waals surface area contributed by atoms with Gasteiger partial charge in [0.25, 0.3) is 0 Å². The Bertz CT molecular complexity index is 705. The lowest BCUT2D eigenvalue weighted by Gasteiger charge is -2.30. The van der Waals surface area contributed by atoms with Crippen LogP contribution in [0.25, 0.3) is 0 Å². The van der Waals surface area contributed by atoms with Crippen molar-refractivity contribution in [3.8, 4) is 5.88 Å². The summed E-state index contributed by atoms with van der Waals surface area (Å²) in [5.74, 6) is 0.799. The first-order chi connectivity index (χ1) is 12.1. The molecule has 0 spiro atoms. The van der Waals surface area contributed by atoms with Gasteiger partial charge < -0.3 is 15.2 Å². The average molecular weight is 344 g/mol. The van der Waals surface area contributed by atoms with E-state index in [1.165, 1.54) is 5.56 Å². The number of aliphatic hydroxyl groups is 1. The van der Waals surface area contributed by atoms with Crippen LogP contribution in [0.4, 0.5) is 5.69 Å². The molecule has 3 rings (SSSR count). The summed E-state index contributed by atoms with van der Waals surface area (Å²) in [6, 6.07) is 8.42. The maximum atomic E-state index is 9.68. The zero-order valence-corrected chi connectivity index (χ0v) is 15.3. The van der Waals surface area contributed by atoms with Crippen LogP contribution in [0.3, 0.4) is 0 Å². The van der Waals surface area contributed by atoms with Crippen LogP contribution >= 0.6 is 0 Å². The molecule has 0 radical (unpaired) electrons. The first kappa shape index (κ1) is 17.8. The smallest absolute Gasteiger partial charge is 0.216 e. The van der Waals surface area contributed by atoms with Crippen molar-refractivity contribution in [3.63, 3.8) is 0 Å². The summed E-state index contributed by atoms with van der Waals surface area (Å²) < 4.78 is 7.25. The number of likely N-dealkylation sites (tertiary alicyclic amines) is 1. The predicted molar refractivity (Wildman–Crippen MR) is 98.8 cm³/mol. The summed E-state index contributed by atoms with van der Waals surface area (Å²) in [5.41, 5.74) is 4.48. The zero-order valence-electron chi connectivity index (χ0n) is 15.3. The number of methoxy groups -OCH3 is 1. The van der Waals surface area contributed by atoms with Crippen molar-refractivity contribution in [2.24, 2.45) is 7.05 Å². The number of hydrogen-bond acceptors (Lipinski definition) is 5. The van der Waals surface area contributed by atoms with E-state index in [1.807, 2.05) is 14.0 Å². The molecule has 0 amide bonds. The molecule has 0 atom stereocenters. The van der Waals surface area contributed by atoms with Crippen molar-refractivity contribution in [1.82, 2.24) is 14.7 Å². The van der Waals surface area contributed by atoms with Gasteiger partial charge in [0, 0.05) is 38.9 Å². The number of ether oxygens (including phenoxy) is 1. The molecular formula is C19H28N4O2. The molecule has 0 bridgehead atoms. The number of benzene rings is 1. The molecule has 6 heteroatoms. The highest BCUT2D eigenvalue weighted by molar-refractivity contribution is 5.52. The van der Waals surface area contributed by atoms with Crippen LogP contribution < -0.4 is 10.1 Å². The van der Waals surface area contributed by atoms with E-state index in [4.69, 9.17) is 4.74 Å². The molecule has 136 valence electrons. The van der Waals surface area contributed by atoms with Gasteiger partial charge in [-0.25, -0.2) is 4.68 Å². The summed E-state index contributed by atoms with van der Waals surface area (Å²) in [7, 11) is 3.58. The van der Waals surface area contributed by atoms with Crippen LogP contribution in [-0.4, -0.2) is 46.1 Å². The number of piperidine rings is 1. The first-order valence-electron chi connectivity index (χ1n) is 8.87. The molecular weight excluding hydrogens is 316 g/mol. The first-order valence-corrected chi connectivity index (χ1v) is 8.87. The van der Waals surface area contributed by atoms with E-state index in [9.17, 15) is 5.11 Å². The second-order valence-electron chi connectivity index (χ2n) is 6.71. The van der Waals surface area contributed by atoms with E-state index < -0.39 is 0 Å². The fourth-order valence-corrected chi connectivity index (χ4v) is 3.47. The molecule has 2 heterocycles. The second-order valence-corrected chi connectivity index (χ2v) is 6.71. The van der Waals surface area contributed by atoms with Gasteiger partial charge in [0.05, 0.1) is 24.5 Å². The Morgan fingerprint density at radius 1 is 1.28 bits per heavy atom. The van der Waals surface area contributed by atoms with Crippen LogP contribution in [0.5, 0.6) is 5.88 Å². The van der Waals surface area contributed by atoms with Crippen molar-refractivity contribution in [2.75, 3.05) is 25.5 Å². The monoisotopic (exact) mass is 344 g/mol. The highest BCUT2D eigenvalue weighted by atomic mass is 16.5. The molecule has 6 nitrogen and oxygen atoms in total. The zero-order chi connectivity index (χ0) is 17.8. The molecule has 0 unspecified atom stereocenters. The van der Waals surface area contributed by atoms with Gasteiger partial charge in [-0.2, -0.15) is 5.10 Å². The van der Waals surface area contributed by atoms with Crippen molar-refractivity contribution in [1.29, 1.82) is 0 Å². The summed E-state index contributed by atoms with van der Waals surface area (Å²) in [4.78, 5) is 2.41. The Kier molecular flexibility index (Phi) is 5.60.